The molecule has 0 spiro atoms. The van der Waals surface area contributed by atoms with E-state index < -0.39 is 12.1 Å². The minimum absolute atomic E-state index is 0.258. The number of carboxylic acids is 1. The molecule has 0 unspecified atom stereocenters. The molecule has 18 heavy (non-hydrogen) atoms. The third kappa shape index (κ3) is 3.13. The van der Waals surface area contributed by atoms with Crippen molar-refractivity contribution in [3.63, 3.8) is 0 Å². The van der Waals surface area contributed by atoms with Gasteiger partial charge in [-0.25, -0.2) is 4.79 Å². The van der Waals surface area contributed by atoms with Crippen LogP contribution < -0.4 is 14.8 Å². The van der Waals surface area contributed by atoms with Gasteiger partial charge in [0.05, 0.1) is 7.11 Å². The van der Waals surface area contributed by atoms with Crippen molar-refractivity contribution < 1.29 is 24.2 Å². The average Bonchev–Trinajstić information content (AvgIpc) is 2.37. The Bertz CT molecular complexity index is 458. The summed E-state index contributed by atoms with van der Waals surface area (Å²) in [6.07, 6.45) is -0.996. The predicted molar refractivity (Wildman–Crippen MR) is 64.1 cm³/mol. The van der Waals surface area contributed by atoms with E-state index in [0.29, 0.717) is 11.3 Å². The van der Waals surface area contributed by atoms with Gasteiger partial charge in [-0.15, -0.1) is 0 Å². The van der Waals surface area contributed by atoms with Crippen LogP contribution in [0, 0.1) is 0 Å². The fourth-order valence-corrected chi connectivity index (χ4v) is 1.29. The summed E-state index contributed by atoms with van der Waals surface area (Å²) in [6.45, 7) is 1.41. The van der Waals surface area contributed by atoms with Crippen molar-refractivity contribution >= 4 is 11.9 Å². The van der Waals surface area contributed by atoms with Gasteiger partial charge in [0, 0.05) is 12.6 Å². The zero-order chi connectivity index (χ0) is 13.7. The first kappa shape index (κ1) is 13.8. The van der Waals surface area contributed by atoms with Gasteiger partial charge in [-0.05, 0) is 25.1 Å². The summed E-state index contributed by atoms with van der Waals surface area (Å²) in [4.78, 5) is 22.1. The highest BCUT2D eigenvalue weighted by atomic mass is 16.5. The summed E-state index contributed by atoms with van der Waals surface area (Å²) in [5.74, 6) is -0.747. The third-order valence-electron chi connectivity index (χ3n) is 2.30. The molecule has 1 aromatic carbocycles. The van der Waals surface area contributed by atoms with Gasteiger partial charge in [0.25, 0.3) is 5.91 Å². The van der Waals surface area contributed by atoms with Crippen LogP contribution in [0.15, 0.2) is 18.2 Å². The largest absolute Gasteiger partial charge is 0.493 e. The van der Waals surface area contributed by atoms with Crippen molar-refractivity contribution in [1.29, 1.82) is 0 Å². The molecule has 0 heterocycles. The van der Waals surface area contributed by atoms with Gasteiger partial charge >= 0.3 is 5.97 Å². The van der Waals surface area contributed by atoms with Crippen LogP contribution in [0.3, 0.4) is 0 Å². The maximum atomic E-state index is 11.4. The lowest BCUT2D eigenvalue weighted by atomic mass is 10.2. The van der Waals surface area contributed by atoms with E-state index in [0.717, 1.165) is 0 Å². The third-order valence-corrected chi connectivity index (χ3v) is 2.30. The topological polar surface area (TPSA) is 84.9 Å². The Labute approximate surface area is 105 Å². The monoisotopic (exact) mass is 253 g/mol. The summed E-state index contributed by atoms with van der Waals surface area (Å²) in [5, 5.41) is 11.2. The summed E-state index contributed by atoms with van der Waals surface area (Å²) in [5.41, 5.74) is 0.407. The molecule has 0 aliphatic rings. The van der Waals surface area contributed by atoms with Crippen molar-refractivity contribution in [1.82, 2.24) is 5.32 Å². The summed E-state index contributed by atoms with van der Waals surface area (Å²) in [7, 11) is 2.94. The van der Waals surface area contributed by atoms with Gasteiger partial charge in [-0.2, -0.15) is 0 Å². The number of nitrogens with one attached hydrogen (secondary N) is 1. The zero-order valence-electron chi connectivity index (χ0n) is 10.4. The zero-order valence-corrected chi connectivity index (χ0v) is 10.4. The van der Waals surface area contributed by atoms with Crippen LogP contribution in [0.4, 0.5) is 0 Å². The van der Waals surface area contributed by atoms with Gasteiger partial charge < -0.3 is 19.9 Å². The van der Waals surface area contributed by atoms with Crippen molar-refractivity contribution in [2.75, 3.05) is 14.2 Å². The van der Waals surface area contributed by atoms with E-state index in [9.17, 15) is 9.59 Å². The molecule has 1 amide bonds. The molecule has 0 saturated heterocycles. The molecule has 2 N–H and O–H groups in total. The standard InChI is InChI=1S/C12H15NO5/c1-7(12(15)16)18-9-5-4-8(11(14)13-2)6-10(9)17-3/h4-7H,1-3H3,(H,13,14)(H,15,16)/t7-/m0/s1. The number of hydrogen-bond donors (Lipinski definition) is 2. The first-order valence-electron chi connectivity index (χ1n) is 5.29. The molecule has 0 aliphatic heterocycles. The first-order chi connectivity index (χ1) is 8.49. The Kier molecular flexibility index (Phi) is 4.53. The van der Waals surface area contributed by atoms with Gasteiger partial charge in [0.2, 0.25) is 0 Å². The van der Waals surface area contributed by atoms with Crippen LogP contribution in [-0.4, -0.2) is 37.2 Å². The number of rotatable bonds is 5. The van der Waals surface area contributed by atoms with Crippen LogP contribution in [-0.2, 0) is 4.79 Å². The van der Waals surface area contributed by atoms with E-state index in [-0.39, 0.29) is 11.7 Å². The van der Waals surface area contributed by atoms with E-state index in [2.05, 4.69) is 5.32 Å². The maximum absolute atomic E-state index is 11.4. The van der Waals surface area contributed by atoms with Crippen LogP contribution in [0.1, 0.15) is 17.3 Å². The molecule has 1 rings (SSSR count). The lowest BCUT2D eigenvalue weighted by Crippen LogP contribution is -2.23. The number of carboxylic acid groups (broad SMARTS) is 1. The highest BCUT2D eigenvalue weighted by Crippen LogP contribution is 2.28. The van der Waals surface area contributed by atoms with Crippen LogP contribution in [0.5, 0.6) is 11.5 Å². The lowest BCUT2D eigenvalue weighted by molar-refractivity contribution is -0.144. The predicted octanol–water partition coefficient (Wildman–Crippen LogP) is 0.907. The van der Waals surface area contributed by atoms with Crippen molar-refractivity contribution in [2.45, 2.75) is 13.0 Å². The number of carbonyl (C=O) groups excluding carboxylic acids is 1. The SMILES string of the molecule is CNC(=O)c1ccc(O[C@@H](C)C(=O)O)c(OC)c1. The highest BCUT2D eigenvalue weighted by molar-refractivity contribution is 5.94. The Morgan fingerprint density at radius 2 is 2.00 bits per heavy atom. The smallest absolute Gasteiger partial charge is 0.344 e. The number of benzene rings is 1. The fourth-order valence-electron chi connectivity index (χ4n) is 1.29. The van der Waals surface area contributed by atoms with Crippen LogP contribution >= 0.6 is 0 Å². The van der Waals surface area contributed by atoms with Gasteiger partial charge in [-0.3, -0.25) is 4.79 Å². The Balaban J connectivity index is 3.00. The molecule has 0 saturated carbocycles. The summed E-state index contributed by atoms with van der Waals surface area (Å²) < 4.78 is 10.3. The second-order valence-corrected chi connectivity index (χ2v) is 3.54. The molecule has 0 aromatic heterocycles. The Morgan fingerprint density at radius 1 is 1.33 bits per heavy atom. The highest BCUT2D eigenvalue weighted by Gasteiger charge is 2.16. The molecular formula is C12H15NO5. The van der Waals surface area contributed by atoms with Crippen LogP contribution in [0.2, 0.25) is 0 Å². The van der Waals surface area contributed by atoms with E-state index in [1.165, 1.54) is 39.3 Å². The maximum Gasteiger partial charge on any atom is 0.344 e. The molecule has 1 aromatic rings. The lowest BCUT2D eigenvalue weighted by Gasteiger charge is -2.14. The molecule has 6 heteroatoms. The minimum atomic E-state index is -1.08. The molecule has 0 radical (unpaired) electrons. The summed E-state index contributed by atoms with van der Waals surface area (Å²) >= 11 is 0. The fraction of sp³-hybridized carbons (Fsp3) is 0.333. The molecule has 98 valence electrons. The van der Waals surface area contributed by atoms with Gasteiger partial charge in [0.1, 0.15) is 0 Å². The molecular weight excluding hydrogens is 238 g/mol. The van der Waals surface area contributed by atoms with E-state index in [4.69, 9.17) is 14.6 Å². The van der Waals surface area contributed by atoms with E-state index in [1.807, 2.05) is 0 Å². The molecule has 1 atom stereocenters. The normalized spacial score (nSPS) is 11.5. The number of ether oxygens (including phenoxy) is 2. The second-order valence-electron chi connectivity index (χ2n) is 3.54. The quantitative estimate of drug-likeness (QED) is 0.814. The minimum Gasteiger partial charge on any atom is -0.493 e. The summed E-state index contributed by atoms with van der Waals surface area (Å²) in [6, 6.07) is 4.52. The Morgan fingerprint density at radius 3 is 2.50 bits per heavy atom. The second kappa shape index (κ2) is 5.90. The average molecular weight is 253 g/mol. The molecule has 0 aliphatic carbocycles. The van der Waals surface area contributed by atoms with Gasteiger partial charge in [-0.1, -0.05) is 0 Å². The molecule has 0 bridgehead atoms. The first-order valence-corrected chi connectivity index (χ1v) is 5.29. The van der Waals surface area contributed by atoms with Crippen molar-refractivity contribution in [3.05, 3.63) is 23.8 Å². The van der Waals surface area contributed by atoms with Crippen molar-refractivity contribution in [2.24, 2.45) is 0 Å². The number of hydrogen-bond acceptors (Lipinski definition) is 4. The Hall–Kier alpha value is -2.24. The number of methoxy groups -OCH3 is 1. The molecule has 0 fully saturated rings. The van der Waals surface area contributed by atoms with E-state index >= 15 is 0 Å². The number of carbonyl (C=O) groups is 2. The van der Waals surface area contributed by atoms with E-state index in [1.54, 1.807) is 0 Å². The van der Waals surface area contributed by atoms with Gasteiger partial charge in [0.15, 0.2) is 17.6 Å². The number of amides is 1. The number of aliphatic carboxylic acids is 1. The van der Waals surface area contributed by atoms with Crippen molar-refractivity contribution in [3.8, 4) is 11.5 Å². The van der Waals surface area contributed by atoms with Crippen LogP contribution in [0.25, 0.3) is 0 Å². The molecule has 6 nitrogen and oxygen atoms in total.